The zero-order chi connectivity index (χ0) is 14.0. The molecule has 110 valence electrons. The van der Waals surface area contributed by atoms with Gasteiger partial charge in [0, 0.05) is 0 Å². The second kappa shape index (κ2) is 5.89. The highest BCUT2D eigenvalue weighted by molar-refractivity contribution is 5.36. The van der Waals surface area contributed by atoms with Crippen LogP contribution in [0.25, 0.3) is 0 Å². The van der Waals surface area contributed by atoms with E-state index in [4.69, 9.17) is 0 Å². The fourth-order valence-electron chi connectivity index (χ4n) is 4.07. The van der Waals surface area contributed by atoms with E-state index in [9.17, 15) is 5.11 Å². The van der Waals surface area contributed by atoms with Gasteiger partial charge in [0.05, 0.1) is 5.60 Å². The number of hydrogen-bond donors (Lipinski definition) is 1. The molecule has 2 unspecified atom stereocenters. The third-order valence-electron chi connectivity index (χ3n) is 5.75. The number of rotatable bonds is 3. The summed E-state index contributed by atoms with van der Waals surface area (Å²) in [6.07, 6.45) is 10.8. The van der Waals surface area contributed by atoms with Gasteiger partial charge in [-0.05, 0) is 61.5 Å². The van der Waals surface area contributed by atoms with Crippen molar-refractivity contribution in [3.63, 3.8) is 0 Å². The van der Waals surface area contributed by atoms with Gasteiger partial charge in [-0.25, -0.2) is 0 Å². The fraction of sp³-hybridized carbons (Fsp3) is 0.684. The highest BCUT2D eigenvalue weighted by Gasteiger charge is 2.35. The van der Waals surface area contributed by atoms with Gasteiger partial charge in [-0.15, -0.1) is 0 Å². The highest BCUT2D eigenvalue weighted by atomic mass is 16.3. The topological polar surface area (TPSA) is 20.2 Å². The second-order valence-corrected chi connectivity index (χ2v) is 6.95. The molecule has 0 saturated heterocycles. The SMILES string of the molecule is CCC1CCCC(O)(c2ccccc2C2CCC2)CC1. The van der Waals surface area contributed by atoms with Crippen LogP contribution in [0.4, 0.5) is 0 Å². The van der Waals surface area contributed by atoms with Crippen LogP contribution in [0.1, 0.15) is 81.8 Å². The maximum atomic E-state index is 11.3. The maximum absolute atomic E-state index is 11.3. The summed E-state index contributed by atoms with van der Waals surface area (Å²) >= 11 is 0. The van der Waals surface area contributed by atoms with Gasteiger partial charge in [0.25, 0.3) is 0 Å². The van der Waals surface area contributed by atoms with Crippen molar-refractivity contribution in [3.05, 3.63) is 35.4 Å². The van der Waals surface area contributed by atoms with E-state index >= 15 is 0 Å². The van der Waals surface area contributed by atoms with Gasteiger partial charge < -0.3 is 5.11 Å². The summed E-state index contributed by atoms with van der Waals surface area (Å²) in [6.45, 7) is 2.29. The minimum atomic E-state index is -0.559. The maximum Gasteiger partial charge on any atom is 0.0899 e. The van der Waals surface area contributed by atoms with E-state index < -0.39 is 5.60 Å². The van der Waals surface area contributed by atoms with Crippen LogP contribution in [0.15, 0.2) is 24.3 Å². The molecule has 0 radical (unpaired) electrons. The summed E-state index contributed by atoms with van der Waals surface area (Å²) in [7, 11) is 0. The minimum Gasteiger partial charge on any atom is -0.385 e. The third-order valence-corrected chi connectivity index (χ3v) is 5.75. The average Bonchev–Trinajstić information content (AvgIpc) is 2.60. The van der Waals surface area contributed by atoms with E-state index in [0.717, 1.165) is 18.8 Å². The van der Waals surface area contributed by atoms with Crippen LogP contribution in [0, 0.1) is 5.92 Å². The van der Waals surface area contributed by atoms with Crippen LogP contribution >= 0.6 is 0 Å². The Hall–Kier alpha value is -0.820. The lowest BCUT2D eigenvalue weighted by molar-refractivity contribution is 0.0180. The highest BCUT2D eigenvalue weighted by Crippen LogP contribution is 2.45. The van der Waals surface area contributed by atoms with Crippen LogP contribution in [-0.2, 0) is 5.60 Å². The van der Waals surface area contributed by atoms with Gasteiger partial charge >= 0.3 is 0 Å². The van der Waals surface area contributed by atoms with Crippen molar-refractivity contribution in [1.82, 2.24) is 0 Å². The first kappa shape index (κ1) is 14.1. The first-order valence-electron chi connectivity index (χ1n) is 8.55. The van der Waals surface area contributed by atoms with Gasteiger partial charge in [0.15, 0.2) is 0 Å². The van der Waals surface area contributed by atoms with Crippen molar-refractivity contribution in [2.75, 3.05) is 0 Å². The van der Waals surface area contributed by atoms with Crippen molar-refractivity contribution in [1.29, 1.82) is 0 Å². The third kappa shape index (κ3) is 2.65. The molecule has 3 rings (SSSR count). The van der Waals surface area contributed by atoms with Crippen molar-refractivity contribution in [3.8, 4) is 0 Å². The predicted molar refractivity (Wildman–Crippen MR) is 83.8 cm³/mol. The molecule has 2 saturated carbocycles. The number of aliphatic hydroxyl groups is 1. The summed E-state index contributed by atoms with van der Waals surface area (Å²) in [5, 5.41) is 11.3. The average molecular weight is 272 g/mol. The molecule has 1 nitrogen and oxygen atoms in total. The Morgan fingerprint density at radius 3 is 2.55 bits per heavy atom. The van der Waals surface area contributed by atoms with Crippen molar-refractivity contribution in [2.24, 2.45) is 5.92 Å². The molecular formula is C19H28O. The molecule has 2 aliphatic rings. The van der Waals surface area contributed by atoms with Crippen LogP contribution in [0.3, 0.4) is 0 Å². The Morgan fingerprint density at radius 1 is 1.05 bits per heavy atom. The van der Waals surface area contributed by atoms with Crippen LogP contribution in [0.5, 0.6) is 0 Å². The minimum absolute atomic E-state index is 0.559. The smallest absolute Gasteiger partial charge is 0.0899 e. The van der Waals surface area contributed by atoms with Gasteiger partial charge in [0.1, 0.15) is 0 Å². The summed E-state index contributed by atoms with van der Waals surface area (Å²) in [5.41, 5.74) is 2.13. The van der Waals surface area contributed by atoms with E-state index in [1.807, 2.05) is 0 Å². The zero-order valence-electron chi connectivity index (χ0n) is 12.8. The first-order valence-corrected chi connectivity index (χ1v) is 8.55. The molecule has 2 aliphatic carbocycles. The molecule has 1 aromatic carbocycles. The molecule has 1 aromatic rings. The Morgan fingerprint density at radius 2 is 1.85 bits per heavy atom. The van der Waals surface area contributed by atoms with Gasteiger partial charge in [-0.2, -0.15) is 0 Å². The summed E-state index contributed by atoms with van der Waals surface area (Å²) in [6, 6.07) is 8.71. The molecule has 0 amide bonds. The van der Waals surface area contributed by atoms with E-state index in [0.29, 0.717) is 5.92 Å². The lowest BCUT2D eigenvalue weighted by Gasteiger charge is -2.35. The van der Waals surface area contributed by atoms with Crippen molar-refractivity contribution in [2.45, 2.75) is 76.2 Å². The molecule has 0 aromatic heterocycles. The van der Waals surface area contributed by atoms with Crippen molar-refractivity contribution >= 4 is 0 Å². The standard InChI is InChI=1S/C19H28O/c1-2-15-7-6-13-19(20,14-12-15)18-11-4-3-10-17(18)16-8-5-9-16/h3-4,10-11,15-16,20H,2,5-9,12-14H2,1H3. The van der Waals surface area contributed by atoms with E-state index in [-0.39, 0.29) is 0 Å². The Balaban J connectivity index is 1.87. The molecule has 2 atom stereocenters. The lowest BCUT2D eigenvalue weighted by Crippen LogP contribution is -2.28. The Bertz CT molecular complexity index is 449. The quantitative estimate of drug-likeness (QED) is 0.756. The number of benzene rings is 1. The van der Waals surface area contributed by atoms with Crippen LogP contribution in [0.2, 0.25) is 0 Å². The Labute approximate surface area is 123 Å². The summed E-state index contributed by atoms with van der Waals surface area (Å²) in [4.78, 5) is 0. The fourth-order valence-corrected chi connectivity index (χ4v) is 4.07. The van der Waals surface area contributed by atoms with Crippen LogP contribution in [-0.4, -0.2) is 5.11 Å². The summed E-state index contributed by atoms with van der Waals surface area (Å²) < 4.78 is 0. The Kier molecular flexibility index (Phi) is 4.16. The largest absolute Gasteiger partial charge is 0.385 e. The van der Waals surface area contributed by atoms with Crippen LogP contribution < -0.4 is 0 Å². The predicted octanol–water partition coefficient (Wildman–Crippen LogP) is 5.13. The number of hydrogen-bond acceptors (Lipinski definition) is 1. The molecule has 20 heavy (non-hydrogen) atoms. The molecule has 0 bridgehead atoms. The van der Waals surface area contributed by atoms with Gasteiger partial charge in [-0.3, -0.25) is 0 Å². The molecule has 1 heteroatoms. The molecular weight excluding hydrogens is 244 g/mol. The second-order valence-electron chi connectivity index (χ2n) is 6.95. The molecule has 0 aliphatic heterocycles. The summed E-state index contributed by atoms with van der Waals surface area (Å²) in [5.74, 6) is 1.53. The van der Waals surface area contributed by atoms with Crippen molar-refractivity contribution < 1.29 is 5.11 Å². The normalized spacial score (nSPS) is 31.6. The molecule has 1 N–H and O–H groups in total. The molecule has 0 heterocycles. The molecule has 2 fully saturated rings. The van der Waals surface area contributed by atoms with Gasteiger partial charge in [-0.1, -0.05) is 50.5 Å². The monoisotopic (exact) mass is 272 g/mol. The molecule has 0 spiro atoms. The van der Waals surface area contributed by atoms with E-state index in [2.05, 4.69) is 31.2 Å². The van der Waals surface area contributed by atoms with E-state index in [1.165, 1.54) is 56.1 Å². The van der Waals surface area contributed by atoms with E-state index in [1.54, 1.807) is 0 Å². The van der Waals surface area contributed by atoms with Gasteiger partial charge in [0.2, 0.25) is 0 Å². The first-order chi connectivity index (χ1) is 9.73. The zero-order valence-corrected chi connectivity index (χ0v) is 12.8. The lowest BCUT2D eigenvalue weighted by atomic mass is 9.73.